The van der Waals surface area contributed by atoms with Crippen molar-refractivity contribution in [2.75, 3.05) is 0 Å². The molecule has 3 atom stereocenters. The van der Waals surface area contributed by atoms with E-state index in [0.717, 1.165) is 12.8 Å². The van der Waals surface area contributed by atoms with Gasteiger partial charge < -0.3 is 5.32 Å². The summed E-state index contributed by atoms with van der Waals surface area (Å²) < 4.78 is 0. The molecule has 2 heteroatoms. The van der Waals surface area contributed by atoms with E-state index in [9.17, 15) is 4.79 Å². The van der Waals surface area contributed by atoms with Crippen LogP contribution in [0.3, 0.4) is 0 Å². The predicted molar refractivity (Wildman–Crippen MR) is 74.3 cm³/mol. The molecule has 98 valence electrons. The number of nitrogens with one attached hydrogen (secondary N) is 1. The average molecular weight is 245 g/mol. The van der Waals surface area contributed by atoms with E-state index in [1.165, 1.54) is 17.5 Å². The van der Waals surface area contributed by atoms with E-state index >= 15 is 0 Å². The lowest BCUT2D eigenvalue weighted by Gasteiger charge is -2.14. The second kappa shape index (κ2) is 5.55. The van der Waals surface area contributed by atoms with Crippen LogP contribution in [0.1, 0.15) is 50.8 Å². The van der Waals surface area contributed by atoms with E-state index in [1.54, 1.807) is 0 Å². The third-order valence-corrected chi connectivity index (χ3v) is 3.82. The Morgan fingerprint density at radius 3 is 2.50 bits per heavy atom. The molecule has 0 heterocycles. The van der Waals surface area contributed by atoms with Crippen LogP contribution in [0.4, 0.5) is 0 Å². The van der Waals surface area contributed by atoms with Gasteiger partial charge in [-0.3, -0.25) is 4.79 Å². The molecule has 0 bridgehead atoms. The maximum Gasteiger partial charge on any atom is 0.223 e. The van der Waals surface area contributed by atoms with Crippen molar-refractivity contribution in [2.24, 2.45) is 11.8 Å². The van der Waals surface area contributed by atoms with Gasteiger partial charge in [0.05, 0.1) is 6.04 Å². The highest BCUT2D eigenvalue weighted by Gasteiger charge is 2.39. The van der Waals surface area contributed by atoms with E-state index in [-0.39, 0.29) is 17.9 Å². The lowest BCUT2D eigenvalue weighted by Crippen LogP contribution is -2.28. The first-order valence-corrected chi connectivity index (χ1v) is 7.01. The third-order valence-electron chi connectivity index (χ3n) is 3.82. The van der Waals surface area contributed by atoms with Gasteiger partial charge in [0.1, 0.15) is 0 Å². The molecular formula is C16H23NO. The van der Waals surface area contributed by atoms with Crippen molar-refractivity contribution in [1.82, 2.24) is 5.32 Å². The number of amides is 1. The lowest BCUT2D eigenvalue weighted by molar-refractivity contribution is -0.123. The minimum atomic E-state index is 0.112. The number of hydrogen-bond donors (Lipinski definition) is 1. The largest absolute Gasteiger partial charge is 0.349 e. The molecule has 0 saturated heterocycles. The average Bonchev–Trinajstić information content (AvgIpc) is 3.08. The molecule has 1 aliphatic carbocycles. The van der Waals surface area contributed by atoms with Crippen molar-refractivity contribution in [3.05, 3.63) is 35.4 Å². The molecule has 1 amide bonds. The maximum absolute atomic E-state index is 11.9. The topological polar surface area (TPSA) is 29.1 Å². The molecule has 1 aromatic rings. The van der Waals surface area contributed by atoms with Crippen LogP contribution in [0.25, 0.3) is 0 Å². The quantitative estimate of drug-likeness (QED) is 0.845. The van der Waals surface area contributed by atoms with Gasteiger partial charge in [-0.05, 0) is 36.8 Å². The molecule has 1 aromatic carbocycles. The van der Waals surface area contributed by atoms with Crippen LogP contribution in [-0.4, -0.2) is 5.91 Å². The second-order valence-electron chi connectivity index (χ2n) is 5.54. The maximum atomic E-state index is 11.9. The van der Waals surface area contributed by atoms with Crippen molar-refractivity contribution >= 4 is 5.91 Å². The lowest BCUT2D eigenvalue weighted by atomic mass is 10.0. The van der Waals surface area contributed by atoms with E-state index in [1.807, 2.05) is 0 Å². The predicted octanol–water partition coefficient (Wildman–Crippen LogP) is 3.47. The molecule has 1 saturated carbocycles. The van der Waals surface area contributed by atoms with E-state index in [4.69, 9.17) is 0 Å². The van der Waals surface area contributed by atoms with Crippen LogP contribution in [0.2, 0.25) is 0 Å². The Labute approximate surface area is 110 Å². The second-order valence-corrected chi connectivity index (χ2v) is 5.54. The van der Waals surface area contributed by atoms with Gasteiger partial charge in [-0.1, -0.05) is 44.5 Å². The number of rotatable bonds is 5. The van der Waals surface area contributed by atoms with Gasteiger partial charge in [0, 0.05) is 5.92 Å². The number of benzene rings is 1. The fourth-order valence-corrected chi connectivity index (χ4v) is 2.35. The van der Waals surface area contributed by atoms with Gasteiger partial charge >= 0.3 is 0 Å². The zero-order chi connectivity index (χ0) is 13.1. The minimum absolute atomic E-state index is 0.112. The molecule has 0 aromatic heterocycles. The fraction of sp³-hybridized carbons (Fsp3) is 0.562. The first kappa shape index (κ1) is 13.1. The van der Waals surface area contributed by atoms with Gasteiger partial charge in [0.15, 0.2) is 0 Å². The Morgan fingerprint density at radius 2 is 2.00 bits per heavy atom. The van der Waals surface area contributed by atoms with Crippen LogP contribution >= 0.6 is 0 Å². The molecule has 2 rings (SSSR count). The minimum Gasteiger partial charge on any atom is -0.349 e. The van der Waals surface area contributed by atoms with Crippen LogP contribution in [0.5, 0.6) is 0 Å². The standard InChI is InChI=1S/C16H23NO/c1-4-5-13-6-8-14(9-7-13)12(3)17-16(18)15-10-11(15)2/h6-9,11-12,15H,4-5,10H2,1-3H3,(H,17,18)/t11-,12-,15-/m0/s1. The van der Waals surface area contributed by atoms with E-state index in [0.29, 0.717) is 5.92 Å². The van der Waals surface area contributed by atoms with Gasteiger partial charge in [0.2, 0.25) is 5.91 Å². The molecule has 0 radical (unpaired) electrons. The summed E-state index contributed by atoms with van der Waals surface area (Å²) in [6.07, 6.45) is 3.35. The van der Waals surface area contributed by atoms with Crippen molar-refractivity contribution in [1.29, 1.82) is 0 Å². The summed E-state index contributed by atoms with van der Waals surface area (Å²) in [5.74, 6) is 1.04. The Morgan fingerprint density at radius 1 is 1.39 bits per heavy atom. The monoisotopic (exact) mass is 245 g/mol. The molecule has 2 nitrogen and oxygen atoms in total. The van der Waals surface area contributed by atoms with Crippen molar-refractivity contribution in [2.45, 2.75) is 46.1 Å². The Balaban J connectivity index is 1.91. The first-order chi connectivity index (χ1) is 8.61. The highest BCUT2D eigenvalue weighted by molar-refractivity contribution is 5.81. The number of hydrogen-bond acceptors (Lipinski definition) is 1. The molecule has 1 aliphatic rings. The summed E-state index contributed by atoms with van der Waals surface area (Å²) in [6, 6.07) is 8.71. The van der Waals surface area contributed by atoms with Gasteiger partial charge in [-0.15, -0.1) is 0 Å². The molecule has 1 fully saturated rings. The summed E-state index contributed by atoms with van der Waals surface area (Å²) >= 11 is 0. The number of aryl methyl sites for hydroxylation is 1. The SMILES string of the molecule is CCCc1ccc([C@H](C)NC(=O)[C@H]2C[C@@H]2C)cc1. The third kappa shape index (κ3) is 3.12. The Kier molecular flexibility index (Phi) is 4.05. The molecule has 1 N–H and O–H groups in total. The van der Waals surface area contributed by atoms with E-state index < -0.39 is 0 Å². The zero-order valence-electron chi connectivity index (χ0n) is 11.6. The summed E-state index contributed by atoms with van der Waals surface area (Å²) in [4.78, 5) is 11.9. The Bertz CT molecular complexity index is 410. The molecule has 0 aliphatic heterocycles. The molecule has 0 unspecified atom stereocenters. The van der Waals surface area contributed by atoms with Gasteiger partial charge in [0.25, 0.3) is 0 Å². The normalized spacial score (nSPS) is 23.5. The highest BCUT2D eigenvalue weighted by Crippen LogP contribution is 2.38. The summed E-state index contributed by atoms with van der Waals surface area (Å²) in [5, 5.41) is 3.10. The van der Waals surface area contributed by atoms with Crippen LogP contribution in [0, 0.1) is 11.8 Å². The van der Waals surface area contributed by atoms with Crippen LogP contribution in [-0.2, 0) is 11.2 Å². The number of carbonyl (C=O) groups is 1. The van der Waals surface area contributed by atoms with Gasteiger partial charge in [-0.2, -0.15) is 0 Å². The highest BCUT2D eigenvalue weighted by atomic mass is 16.2. The van der Waals surface area contributed by atoms with E-state index in [2.05, 4.69) is 50.4 Å². The zero-order valence-corrected chi connectivity index (χ0v) is 11.6. The summed E-state index contributed by atoms with van der Waals surface area (Å²) in [5.41, 5.74) is 2.56. The summed E-state index contributed by atoms with van der Waals surface area (Å²) in [6.45, 7) is 6.38. The van der Waals surface area contributed by atoms with Crippen molar-refractivity contribution in [3.8, 4) is 0 Å². The first-order valence-electron chi connectivity index (χ1n) is 7.01. The van der Waals surface area contributed by atoms with Crippen molar-refractivity contribution < 1.29 is 4.79 Å². The van der Waals surface area contributed by atoms with Crippen LogP contribution < -0.4 is 5.32 Å². The fourth-order valence-electron chi connectivity index (χ4n) is 2.35. The number of carbonyl (C=O) groups excluding carboxylic acids is 1. The summed E-state index contributed by atoms with van der Waals surface area (Å²) in [7, 11) is 0. The Hall–Kier alpha value is -1.31. The van der Waals surface area contributed by atoms with Gasteiger partial charge in [-0.25, -0.2) is 0 Å². The smallest absolute Gasteiger partial charge is 0.223 e. The molecular weight excluding hydrogens is 222 g/mol. The molecule has 18 heavy (non-hydrogen) atoms. The van der Waals surface area contributed by atoms with Crippen molar-refractivity contribution in [3.63, 3.8) is 0 Å². The molecule has 0 spiro atoms. The van der Waals surface area contributed by atoms with Crippen LogP contribution in [0.15, 0.2) is 24.3 Å².